The fraction of sp³-hybridized carbons (Fsp3) is 0.431. The number of hydrogen-bond donors (Lipinski definition) is 4. The van der Waals surface area contributed by atoms with Crippen molar-refractivity contribution >= 4 is 95.4 Å². The number of amides is 5. The molecule has 494 valence electrons. The maximum Gasteiger partial charge on any atom is 0.501 e. The van der Waals surface area contributed by atoms with Crippen LogP contribution in [-0.2, 0) is 43.7 Å². The molecule has 2 saturated heterocycles. The Balaban J connectivity index is 0.729. The third kappa shape index (κ3) is 17.9. The number of imide groups is 2. The number of fused-ring (bicyclic) bond motifs is 1. The van der Waals surface area contributed by atoms with E-state index in [1.54, 1.807) is 24.3 Å². The van der Waals surface area contributed by atoms with Gasteiger partial charge in [-0.25, -0.2) is 21.6 Å². The maximum absolute atomic E-state index is 14.4. The second-order valence-corrected chi connectivity index (χ2v) is 28.9. The van der Waals surface area contributed by atoms with E-state index in [9.17, 15) is 54.0 Å². The predicted octanol–water partition coefficient (Wildman–Crippen LogP) is 9.00. The molecule has 3 aliphatic heterocycles. The minimum absolute atomic E-state index is 0.0156. The van der Waals surface area contributed by atoms with E-state index < -0.39 is 82.5 Å². The monoisotopic (exact) mass is 1350 g/mol. The van der Waals surface area contributed by atoms with E-state index in [4.69, 9.17) is 25.8 Å². The Morgan fingerprint density at radius 3 is 2.16 bits per heavy atom. The first kappa shape index (κ1) is 69.5. The number of benzene rings is 5. The van der Waals surface area contributed by atoms with E-state index in [0.29, 0.717) is 62.5 Å². The van der Waals surface area contributed by atoms with E-state index in [-0.39, 0.29) is 73.7 Å². The number of halogens is 4. The largest absolute Gasteiger partial charge is 0.501 e. The quantitative estimate of drug-likeness (QED) is 0.0190. The summed E-state index contributed by atoms with van der Waals surface area (Å²) < 4.78 is 116. The van der Waals surface area contributed by atoms with Crippen LogP contribution >= 0.6 is 23.4 Å². The van der Waals surface area contributed by atoms with Gasteiger partial charge in [0, 0.05) is 90.9 Å². The number of anilines is 3. The van der Waals surface area contributed by atoms with Crippen molar-refractivity contribution in [2.24, 2.45) is 5.41 Å². The van der Waals surface area contributed by atoms with Crippen LogP contribution in [0.15, 0.2) is 136 Å². The van der Waals surface area contributed by atoms with E-state index in [1.165, 1.54) is 46.7 Å². The zero-order valence-electron chi connectivity index (χ0n) is 51.4. The number of sulfonamides is 1. The molecule has 0 aromatic heterocycles. The molecule has 0 spiro atoms. The van der Waals surface area contributed by atoms with Crippen LogP contribution in [0, 0.1) is 5.41 Å². The van der Waals surface area contributed by atoms with Crippen molar-refractivity contribution < 1.29 is 68.2 Å². The lowest BCUT2D eigenvalue weighted by atomic mass is 9.73. The Kier molecular flexibility index (Phi) is 23.3. The number of piperidine rings is 1. The Labute approximate surface area is 543 Å². The molecule has 0 saturated carbocycles. The number of ether oxygens (including phenoxy) is 3. The summed E-state index contributed by atoms with van der Waals surface area (Å²) in [6.45, 7) is 11.2. The molecular weight excluding hydrogens is 1270 g/mol. The number of allylic oxidation sites excluding steroid dienone is 1. The predicted molar refractivity (Wildman–Crippen MR) is 346 cm³/mol. The molecule has 4 N–H and O–H groups in total. The Morgan fingerprint density at radius 2 is 1.48 bits per heavy atom. The molecule has 0 unspecified atom stereocenters. The van der Waals surface area contributed by atoms with Crippen LogP contribution in [0.4, 0.5) is 30.2 Å². The number of piperazine rings is 1. The van der Waals surface area contributed by atoms with Crippen molar-refractivity contribution in [2.75, 3.05) is 120 Å². The van der Waals surface area contributed by atoms with Crippen molar-refractivity contribution in [3.8, 4) is 0 Å². The highest BCUT2D eigenvalue weighted by molar-refractivity contribution is 7.99. The van der Waals surface area contributed by atoms with Crippen LogP contribution in [0.25, 0.3) is 5.57 Å². The first-order chi connectivity index (χ1) is 43.9. The molecule has 27 heteroatoms. The summed E-state index contributed by atoms with van der Waals surface area (Å²) >= 11 is 7.60. The molecule has 3 heterocycles. The molecule has 5 amide bonds. The lowest BCUT2D eigenvalue weighted by Crippen LogP contribution is -2.54. The van der Waals surface area contributed by atoms with Gasteiger partial charge in [0.2, 0.25) is 11.8 Å². The summed E-state index contributed by atoms with van der Waals surface area (Å²) in [5, 5.41) is 8.98. The number of carbonyl (C=O) groups excluding carboxylic acids is 5. The van der Waals surface area contributed by atoms with Gasteiger partial charge >= 0.3 is 5.51 Å². The molecule has 92 heavy (non-hydrogen) atoms. The highest BCUT2D eigenvalue weighted by atomic mass is 35.5. The summed E-state index contributed by atoms with van der Waals surface area (Å²) in [5.74, 6) is -3.15. The highest BCUT2D eigenvalue weighted by Crippen LogP contribution is 2.43. The van der Waals surface area contributed by atoms with Gasteiger partial charge in [0.25, 0.3) is 37.6 Å². The molecule has 5 aromatic rings. The Hall–Kier alpha value is -6.88. The van der Waals surface area contributed by atoms with Gasteiger partial charge in [-0.2, -0.15) is 13.2 Å². The number of nitrogens with one attached hydrogen (secondary N) is 4. The van der Waals surface area contributed by atoms with E-state index in [2.05, 4.69) is 51.7 Å². The second kappa shape index (κ2) is 30.9. The van der Waals surface area contributed by atoms with Crippen LogP contribution in [0.1, 0.15) is 89.0 Å². The van der Waals surface area contributed by atoms with Gasteiger partial charge in [-0.3, -0.25) is 39.1 Å². The number of alkyl halides is 3. The van der Waals surface area contributed by atoms with Gasteiger partial charge in [-0.1, -0.05) is 67.4 Å². The number of rotatable bonds is 30. The molecule has 20 nitrogen and oxygen atoms in total. The van der Waals surface area contributed by atoms with Crippen molar-refractivity contribution in [3.05, 3.63) is 148 Å². The van der Waals surface area contributed by atoms with Gasteiger partial charge in [-0.05, 0) is 141 Å². The molecule has 9 rings (SSSR count). The van der Waals surface area contributed by atoms with Gasteiger partial charge in [0.05, 0.1) is 61.4 Å². The Morgan fingerprint density at radius 1 is 0.793 bits per heavy atom. The summed E-state index contributed by atoms with van der Waals surface area (Å²) in [7, 11) is -9.25. The van der Waals surface area contributed by atoms with Crippen LogP contribution in [-0.4, -0.2) is 183 Å². The molecule has 0 radical (unpaired) electrons. The number of carbonyl (C=O) groups is 5. The maximum atomic E-state index is 14.4. The molecular formula is C65H76ClF3N8O12S3. The third-order valence-electron chi connectivity index (χ3n) is 16.5. The van der Waals surface area contributed by atoms with Crippen molar-refractivity contribution in [1.82, 2.24) is 24.7 Å². The zero-order valence-corrected chi connectivity index (χ0v) is 54.6. The van der Waals surface area contributed by atoms with Gasteiger partial charge < -0.3 is 34.6 Å². The van der Waals surface area contributed by atoms with E-state index in [1.807, 2.05) is 59.1 Å². The summed E-state index contributed by atoms with van der Waals surface area (Å²) in [5.41, 5.74) is -0.580. The summed E-state index contributed by atoms with van der Waals surface area (Å²) in [4.78, 5) is 70.2. The minimum Gasteiger partial charge on any atom is -0.382 e. The van der Waals surface area contributed by atoms with Gasteiger partial charge in [-0.15, -0.1) is 11.8 Å². The number of nitrogens with zero attached hydrogens (tertiary/aromatic N) is 4. The lowest BCUT2D eigenvalue weighted by Gasteiger charge is -2.39. The van der Waals surface area contributed by atoms with Crippen LogP contribution < -0.4 is 25.6 Å². The van der Waals surface area contributed by atoms with E-state index >= 15 is 0 Å². The molecule has 2 atom stereocenters. The second-order valence-electron chi connectivity index (χ2n) is 23.8. The average Bonchev–Trinajstić information content (AvgIpc) is 1.35. The minimum atomic E-state index is -6.15. The SMILES string of the molecule is CN(CCOCCOCCOCCNc1cccc2c1C(=O)N([C@@H]1CCC(=O)NC1=O)C2=O)CC[C@H](CSc1ccccc1)Nc1ccc(S(=O)(=O)NC(=O)c2ccc(N3CCN(CC4=C(c5ccc(Cl)cc5)CCC(C)(C)C4)CC3)cc2)cc1S(=O)(=O)C(F)(F)F. The van der Waals surface area contributed by atoms with Crippen molar-refractivity contribution in [2.45, 2.75) is 84.7 Å². The third-order valence-corrected chi connectivity index (χ3v) is 20.8. The fourth-order valence-corrected chi connectivity index (χ4v) is 14.6. The van der Waals surface area contributed by atoms with Crippen LogP contribution in [0.5, 0.6) is 0 Å². The average molecular weight is 1350 g/mol. The smallest absolute Gasteiger partial charge is 0.382 e. The molecule has 1 aliphatic carbocycles. The van der Waals surface area contributed by atoms with Crippen molar-refractivity contribution in [3.63, 3.8) is 0 Å². The topological polar surface area (TPSA) is 242 Å². The standard InChI is InChI=1S/C65H76ClF3N8O12S3/c1-64(2)26-24-52(44-12-16-47(66)17-13-44)46(41-64)42-75-29-31-76(32-30-75)49-18-14-45(15-19-49)60(79)73-92(85,86)51-20-21-54(57(40-51)91(83,84)65(67,68)69)71-48(43-90-50-8-5-4-6-9-50)25-28-74(3)33-35-88-37-39-89-38-36-87-34-27-70-55-11-7-10-53-59(55)63(82)77(62(53)81)56-22-23-58(78)72-61(56)80/h4-21,40,48,56,70-71H,22-39,41-43H2,1-3H3,(H,73,79)(H,72,78,80)/t48-,56-/m1/s1. The Bertz CT molecular complexity index is 3730. The molecule has 4 aliphatic rings. The van der Waals surface area contributed by atoms with Crippen molar-refractivity contribution in [1.29, 1.82) is 0 Å². The summed E-state index contributed by atoms with van der Waals surface area (Å²) in [6.07, 6.45) is 3.47. The number of hydrogen-bond acceptors (Lipinski definition) is 18. The molecule has 0 bridgehead atoms. The molecule has 5 aromatic carbocycles. The van der Waals surface area contributed by atoms with Crippen LogP contribution in [0.2, 0.25) is 5.02 Å². The zero-order chi connectivity index (χ0) is 65.8. The number of likely N-dealkylation sites (N-methyl/N-ethyl adjacent to an activating group) is 1. The normalized spacial score (nSPS) is 17.7. The van der Waals surface area contributed by atoms with E-state index in [0.717, 1.165) is 66.5 Å². The first-order valence-corrected chi connectivity index (χ1v) is 34.7. The summed E-state index contributed by atoms with van der Waals surface area (Å²) in [6, 6.07) is 29.0. The number of sulfone groups is 1. The van der Waals surface area contributed by atoms with Crippen LogP contribution in [0.3, 0.4) is 0 Å². The molecule has 2 fully saturated rings. The first-order valence-electron chi connectivity index (χ1n) is 30.4. The van der Waals surface area contributed by atoms with Gasteiger partial charge in [0.1, 0.15) is 10.9 Å². The van der Waals surface area contributed by atoms with Gasteiger partial charge in [0.15, 0.2) is 0 Å². The fourth-order valence-electron chi connectivity index (χ4n) is 11.5. The lowest BCUT2D eigenvalue weighted by molar-refractivity contribution is -0.136. The number of thioether (sulfide) groups is 1. The highest BCUT2D eigenvalue weighted by Gasteiger charge is 2.49.